The van der Waals surface area contributed by atoms with Crippen LogP contribution in [0.2, 0.25) is 0 Å². The van der Waals surface area contributed by atoms with Gasteiger partial charge in [-0.05, 0) is 57.5 Å². The summed E-state index contributed by atoms with van der Waals surface area (Å²) in [6.07, 6.45) is 2.40. The summed E-state index contributed by atoms with van der Waals surface area (Å²) >= 11 is 0. The number of rotatable bonds is 6. The number of amides is 3. The molecule has 1 saturated heterocycles. The van der Waals surface area contributed by atoms with Crippen LogP contribution in [-0.2, 0) is 12.1 Å². The van der Waals surface area contributed by atoms with E-state index in [1.807, 2.05) is 55.1 Å². The summed E-state index contributed by atoms with van der Waals surface area (Å²) in [5.41, 5.74) is 2.73. The van der Waals surface area contributed by atoms with Gasteiger partial charge in [0.2, 0.25) is 0 Å². The van der Waals surface area contributed by atoms with Gasteiger partial charge in [-0.15, -0.1) is 0 Å². The molecule has 1 unspecified atom stereocenters. The number of hydrogen-bond acceptors (Lipinski definition) is 4. The molecule has 0 saturated carbocycles. The van der Waals surface area contributed by atoms with Gasteiger partial charge in [0.25, 0.3) is 5.91 Å². The molecule has 8 nitrogen and oxygen atoms in total. The van der Waals surface area contributed by atoms with E-state index in [4.69, 9.17) is 0 Å². The Morgan fingerprint density at radius 1 is 1.03 bits per heavy atom. The molecule has 0 bridgehead atoms. The number of hydrogen-bond donors (Lipinski definition) is 3. The molecule has 2 aromatic carbocycles. The van der Waals surface area contributed by atoms with E-state index in [9.17, 15) is 9.59 Å². The van der Waals surface area contributed by atoms with Crippen molar-refractivity contribution in [1.29, 1.82) is 0 Å². The fourth-order valence-electron chi connectivity index (χ4n) is 5.08. The highest BCUT2D eigenvalue weighted by molar-refractivity contribution is 6.04. The summed E-state index contributed by atoms with van der Waals surface area (Å²) in [4.78, 5) is 30.5. The van der Waals surface area contributed by atoms with Crippen LogP contribution >= 0.6 is 0 Å². The van der Waals surface area contributed by atoms with E-state index in [1.54, 1.807) is 12.1 Å². The Labute approximate surface area is 205 Å². The van der Waals surface area contributed by atoms with E-state index < -0.39 is 5.54 Å². The lowest BCUT2D eigenvalue weighted by atomic mass is 10.0. The Balaban J connectivity index is 1.33. The summed E-state index contributed by atoms with van der Waals surface area (Å²) in [6, 6.07) is 19.0. The number of carbonyl (C=O) groups excluding carboxylic acids is 2. The first-order valence-electron chi connectivity index (χ1n) is 12.2. The zero-order chi connectivity index (χ0) is 24.4. The van der Waals surface area contributed by atoms with Crippen molar-refractivity contribution in [3.05, 3.63) is 83.0 Å². The fraction of sp³-hybridized carbons (Fsp3) is 0.370. The molecule has 5 rings (SSSR count). The number of fused-ring (bicyclic) bond motifs is 1. The number of urea groups is 1. The van der Waals surface area contributed by atoms with Crippen LogP contribution in [0.15, 0.2) is 60.7 Å². The van der Waals surface area contributed by atoms with E-state index >= 15 is 0 Å². The third-order valence-corrected chi connectivity index (χ3v) is 7.12. The summed E-state index contributed by atoms with van der Waals surface area (Å²) in [7, 11) is 0. The summed E-state index contributed by atoms with van der Waals surface area (Å²) in [5, 5.41) is 13.6. The molecule has 3 heterocycles. The maximum atomic E-state index is 13.6. The van der Waals surface area contributed by atoms with Gasteiger partial charge in [0, 0.05) is 17.7 Å². The fourth-order valence-corrected chi connectivity index (χ4v) is 5.08. The molecule has 0 radical (unpaired) electrons. The van der Waals surface area contributed by atoms with Gasteiger partial charge in [0.05, 0.1) is 23.8 Å². The van der Waals surface area contributed by atoms with Crippen molar-refractivity contribution in [3.8, 4) is 0 Å². The highest BCUT2D eigenvalue weighted by Gasteiger charge is 2.44. The van der Waals surface area contributed by atoms with Gasteiger partial charge in [0.15, 0.2) is 5.82 Å². The molecule has 1 atom stereocenters. The number of aromatic amines is 1. The van der Waals surface area contributed by atoms with Crippen molar-refractivity contribution in [2.75, 3.05) is 25.0 Å². The second-order valence-electron chi connectivity index (χ2n) is 9.81. The lowest BCUT2D eigenvalue weighted by Gasteiger charge is -2.34. The Morgan fingerprint density at radius 2 is 1.69 bits per heavy atom. The highest BCUT2D eigenvalue weighted by Crippen LogP contribution is 2.40. The van der Waals surface area contributed by atoms with E-state index in [1.165, 1.54) is 12.8 Å². The summed E-state index contributed by atoms with van der Waals surface area (Å²) in [6.45, 7) is 7.27. The minimum absolute atomic E-state index is 0.105. The summed E-state index contributed by atoms with van der Waals surface area (Å²) < 4.78 is 0. The van der Waals surface area contributed by atoms with Gasteiger partial charge in [-0.2, -0.15) is 5.10 Å². The maximum Gasteiger partial charge on any atom is 0.319 e. The molecule has 0 spiro atoms. The Bertz CT molecular complexity index is 1180. The van der Waals surface area contributed by atoms with Crippen LogP contribution in [0, 0.1) is 0 Å². The number of nitrogens with one attached hydrogen (secondary N) is 3. The largest absolute Gasteiger partial charge is 0.330 e. The second kappa shape index (κ2) is 9.54. The van der Waals surface area contributed by atoms with Gasteiger partial charge >= 0.3 is 6.03 Å². The van der Waals surface area contributed by atoms with Crippen molar-refractivity contribution in [2.24, 2.45) is 0 Å². The van der Waals surface area contributed by atoms with E-state index in [-0.39, 0.29) is 18.0 Å². The van der Waals surface area contributed by atoms with Crippen LogP contribution in [0.3, 0.4) is 0 Å². The van der Waals surface area contributed by atoms with Gasteiger partial charge < -0.3 is 20.4 Å². The number of benzene rings is 2. The number of likely N-dealkylation sites (tertiary alicyclic amines) is 1. The first-order valence-corrected chi connectivity index (χ1v) is 12.2. The minimum Gasteiger partial charge on any atom is -0.330 e. The number of anilines is 1. The second-order valence-corrected chi connectivity index (χ2v) is 9.81. The number of nitrogens with zero attached hydrogens (tertiary/aromatic N) is 3. The third-order valence-electron chi connectivity index (χ3n) is 7.12. The predicted octanol–water partition coefficient (Wildman–Crippen LogP) is 4.26. The van der Waals surface area contributed by atoms with Crippen molar-refractivity contribution >= 4 is 17.8 Å². The van der Waals surface area contributed by atoms with Crippen LogP contribution in [0.1, 0.15) is 59.9 Å². The lowest BCUT2D eigenvalue weighted by Crippen LogP contribution is -2.49. The Morgan fingerprint density at radius 3 is 2.37 bits per heavy atom. The SMILES string of the molecule is CC1(C)c2[nH]nc(NC(=O)c3ccccc3)c2CN1C(=O)NC(CN1CCCC1)c1ccccc1. The van der Waals surface area contributed by atoms with Crippen molar-refractivity contribution in [3.63, 3.8) is 0 Å². The Hall–Kier alpha value is -3.65. The lowest BCUT2D eigenvalue weighted by molar-refractivity contribution is 0.102. The van der Waals surface area contributed by atoms with Gasteiger partial charge in [0.1, 0.15) is 0 Å². The molecule has 35 heavy (non-hydrogen) atoms. The molecular weight excluding hydrogens is 440 g/mol. The minimum atomic E-state index is -0.600. The molecule has 1 fully saturated rings. The molecule has 1 aromatic heterocycles. The molecule has 3 aromatic rings. The van der Waals surface area contributed by atoms with Crippen LogP contribution < -0.4 is 10.6 Å². The van der Waals surface area contributed by atoms with E-state index in [0.29, 0.717) is 17.9 Å². The van der Waals surface area contributed by atoms with Gasteiger partial charge in [-0.1, -0.05) is 48.5 Å². The zero-order valence-electron chi connectivity index (χ0n) is 20.3. The third kappa shape index (κ3) is 4.66. The Kier molecular flexibility index (Phi) is 6.30. The maximum absolute atomic E-state index is 13.6. The molecule has 3 amide bonds. The van der Waals surface area contributed by atoms with Crippen molar-refractivity contribution in [2.45, 2.75) is 44.8 Å². The standard InChI is InChI=1S/C27H32N6O2/c1-27(2)23-21(24(31-30-23)29-25(34)20-13-7-4-8-14-20)17-33(27)26(35)28-22(18-32-15-9-10-16-32)19-11-5-3-6-12-19/h3-8,11-14,22H,9-10,15-18H2,1-2H3,(H,28,35)(H2,29,30,31,34). The van der Waals surface area contributed by atoms with Crippen LogP contribution in [0.25, 0.3) is 0 Å². The smallest absolute Gasteiger partial charge is 0.319 e. The van der Waals surface area contributed by atoms with Crippen LogP contribution in [0.4, 0.5) is 10.6 Å². The molecule has 0 aliphatic carbocycles. The average molecular weight is 473 g/mol. The summed E-state index contributed by atoms with van der Waals surface area (Å²) in [5.74, 6) is 0.240. The number of H-pyrrole nitrogens is 1. The molecular formula is C27H32N6O2. The predicted molar refractivity (Wildman–Crippen MR) is 135 cm³/mol. The molecule has 2 aliphatic heterocycles. The first kappa shape index (κ1) is 23.1. The van der Waals surface area contributed by atoms with E-state index in [0.717, 1.165) is 36.5 Å². The molecule has 3 N–H and O–H groups in total. The highest BCUT2D eigenvalue weighted by atomic mass is 16.2. The van der Waals surface area contributed by atoms with Crippen molar-refractivity contribution < 1.29 is 9.59 Å². The number of carbonyl (C=O) groups is 2. The molecule has 182 valence electrons. The quantitative estimate of drug-likeness (QED) is 0.500. The monoisotopic (exact) mass is 472 g/mol. The first-order chi connectivity index (χ1) is 16.9. The molecule has 2 aliphatic rings. The average Bonchev–Trinajstić information content (AvgIpc) is 3.58. The van der Waals surface area contributed by atoms with Gasteiger partial charge in [-0.25, -0.2) is 4.79 Å². The zero-order valence-corrected chi connectivity index (χ0v) is 20.3. The van der Waals surface area contributed by atoms with E-state index in [2.05, 4.69) is 37.9 Å². The normalized spacial score (nSPS) is 17.7. The number of aromatic nitrogens is 2. The van der Waals surface area contributed by atoms with Crippen LogP contribution in [-0.4, -0.2) is 51.6 Å². The van der Waals surface area contributed by atoms with Crippen molar-refractivity contribution in [1.82, 2.24) is 25.3 Å². The van der Waals surface area contributed by atoms with Crippen LogP contribution in [0.5, 0.6) is 0 Å². The topological polar surface area (TPSA) is 93.4 Å². The van der Waals surface area contributed by atoms with Gasteiger partial charge in [-0.3, -0.25) is 9.89 Å². The molecule has 8 heteroatoms.